The average Bonchev–Trinajstić information content (AvgIpc) is 2.64. The Bertz CT molecular complexity index is 633. The highest BCUT2D eigenvalue weighted by molar-refractivity contribution is 5.68. The molecule has 2 heterocycles. The number of carbonyl (C=O) groups excluding carboxylic acids is 1. The van der Waals surface area contributed by atoms with Crippen molar-refractivity contribution < 1.29 is 13.9 Å². The maximum absolute atomic E-state index is 13.1. The molecule has 1 atom stereocenters. The maximum Gasteiger partial charge on any atom is 0.410 e. The van der Waals surface area contributed by atoms with Crippen LogP contribution in [0, 0.1) is 11.7 Å². The molecule has 156 valence electrons. The quantitative estimate of drug-likeness (QED) is 0.735. The molecular weight excluding hydrogens is 355 g/mol. The highest BCUT2D eigenvalue weighted by atomic mass is 19.1. The van der Waals surface area contributed by atoms with Gasteiger partial charge in [-0.05, 0) is 96.0 Å². The third kappa shape index (κ3) is 6.20. The first-order chi connectivity index (χ1) is 13.3. The van der Waals surface area contributed by atoms with Crippen LogP contribution in [-0.4, -0.2) is 53.7 Å². The molecule has 1 unspecified atom stereocenters. The van der Waals surface area contributed by atoms with Gasteiger partial charge in [-0.2, -0.15) is 0 Å². The van der Waals surface area contributed by atoms with Crippen molar-refractivity contribution in [2.24, 2.45) is 5.92 Å². The molecule has 1 amide bonds. The van der Waals surface area contributed by atoms with E-state index in [0.29, 0.717) is 5.92 Å². The van der Waals surface area contributed by atoms with Crippen LogP contribution in [0.1, 0.15) is 58.4 Å². The number of hydrogen-bond donors (Lipinski definition) is 0. The SMILES string of the molecule is CC(C)(C)OC(=O)N1CCCCC1CN1CCC(Cc2ccc(F)cc2)CC1. The molecule has 2 aliphatic heterocycles. The van der Waals surface area contributed by atoms with Gasteiger partial charge >= 0.3 is 6.09 Å². The fraction of sp³-hybridized carbons (Fsp3) is 0.696. The molecule has 2 saturated heterocycles. The summed E-state index contributed by atoms with van der Waals surface area (Å²) in [5.74, 6) is 0.496. The van der Waals surface area contributed by atoms with Crippen molar-refractivity contribution in [3.63, 3.8) is 0 Å². The summed E-state index contributed by atoms with van der Waals surface area (Å²) in [7, 11) is 0. The first-order valence-electron chi connectivity index (χ1n) is 10.8. The second-order valence-corrected chi connectivity index (χ2v) is 9.40. The van der Waals surface area contributed by atoms with Gasteiger partial charge in [-0.1, -0.05) is 12.1 Å². The van der Waals surface area contributed by atoms with Gasteiger partial charge < -0.3 is 14.5 Å². The molecular formula is C23H35FN2O2. The lowest BCUT2D eigenvalue weighted by Gasteiger charge is -2.41. The van der Waals surface area contributed by atoms with Gasteiger partial charge in [0.15, 0.2) is 0 Å². The lowest BCUT2D eigenvalue weighted by atomic mass is 9.89. The summed E-state index contributed by atoms with van der Waals surface area (Å²) in [6.45, 7) is 9.68. The summed E-state index contributed by atoms with van der Waals surface area (Å²) in [5.41, 5.74) is 0.779. The molecule has 0 spiro atoms. The first kappa shape index (κ1) is 21.1. The van der Waals surface area contributed by atoms with Gasteiger partial charge in [-0.15, -0.1) is 0 Å². The maximum atomic E-state index is 13.1. The second-order valence-electron chi connectivity index (χ2n) is 9.40. The van der Waals surface area contributed by atoms with Crippen LogP contribution >= 0.6 is 0 Å². The number of piperidine rings is 2. The Labute approximate surface area is 169 Å². The standard InChI is InChI=1S/C23H35FN2O2/c1-23(2,3)28-22(27)26-13-5-4-6-21(26)17-25-14-11-19(12-15-25)16-18-7-9-20(24)10-8-18/h7-10,19,21H,4-6,11-17H2,1-3H3. The fourth-order valence-electron chi connectivity index (χ4n) is 4.38. The van der Waals surface area contributed by atoms with E-state index in [9.17, 15) is 9.18 Å². The molecule has 3 rings (SSSR count). The van der Waals surface area contributed by atoms with Gasteiger partial charge in [-0.25, -0.2) is 9.18 Å². The minimum Gasteiger partial charge on any atom is -0.444 e. The average molecular weight is 391 g/mol. The van der Waals surface area contributed by atoms with Crippen LogP contribution in [0.5, 0.6) is 0 Å². The third-order valence-corrected chi connectivity index (χ3v) is 5.87. The minimum absolute atomic E-state index is 0.164. The van der Waals surface area contributed by atoms with E-state index in [1.54, 1.807) is 12.1 Å². The van der Waals surface area contributed by atoms with Crippen LogP contribution in [0.15, 0.2) is 24.3 Å². The van der Waals surface area contributed by atoms with Crippen LogP contribution in [0.4, 0.5) is 9.18 Å². The van der Waals surface area contributed by atoms with Crippen molar-refractivity contribution in [2.75, 3.05) is 26.2 Å². The monoisotopic (exact) mass is 390 g/mol. The molecule has 4 nitrogen and oxygen atoms in total. The minimum atomic E-state index is -0.447. The number of hydrogen-bond acceptors (Lipinski definition) is 3. The van der Waals surface area contributed by atoms with E-state index < -0.39 is 5.60 Å². The molecule has 0 saturated carbocycles. The molecule has 0 aliphatic carbocycles. The molecule has 28 heavy (non-hydrogen) atoms. The Morgan fingerprint density at radius 2 is 1.75 bits per heavy atom. The summed E-state index contributed by atoms with van der Waals surface area (Å²) in [6.07, 6.45) is 6.51. The zero-order chi connectivity index (χ0) is 20.1. The van der Waals surface area contributed by atoms with E-state index in [-0.39, 0.29) is 18.0 Å². The summed E-state index contributed by atoms with van der Waals surface area (Å²) in [5, 5.41) is 0. The molecule has 2 aliphatic rings. The number of likely N-dealkylation sites (tertiary alicyclic amines) is 2. The van der Waals surface area contributed by atoms with Crippen LogP contribution in [-0.2, 0) is 11.2 Å². The Hall–Kier alpha value is -1.62. The number of benzene rings is 1. The van der Waals surface area contributed by atoms with Crippen LogP contribution in [0.3, 0.4) is 0 Å². The van der Waals surface area contributed by atoms with E-state index in [1.165, 1.54) is 12.0 Å². The Balaban J connectivity index is 1.48. The molecule has 0 aromatic heterocycles. The number of rotatable bonds is 4. The van der Waals surface area contributed by atoms with Gasteiger partial charge in [0, 0.05) is 19.1 Å². The third-order valence-electron chi connectivity index (χ3n) is 5.87. The largest absolute Gasteiger partial charge is 0.444 e. The second kappa shape index (κ2) is 9.25. The zero-order valence-electron chi connectivity index (χ0n) is 17.6. The topological polar surface area (TPSA) is 32.8 Å². The Morgan fingerprint density at radius 3 is 2.39 bits per heavy atom. The van der Waals surface area contributed by atoms with E-state index in [2.05, 4.69) is 4.90 Å². The van der Waals surface area contributed by atoms with E-state index in [1.807, 2.05) is 37.8 Å². The lowest BCUT2D eigenvalue weighted by Crippen LogP contribution is -2.52. The smallest absolute Gasteiger partial charge is 0.410 e. The van der Waals surface area contributed by atoms with Crippen LogP contribution in [0.2, 0.25) is 0 Å². The predicted octanol–water partition coefficient (Wildman–Crippen LogP) is 4.87. The first-order valence-corrected chi connectivity index (χ1v) is 10.8. The number of carbonyl (C=O) groups is 1. The number of nitrogens with zero attached hydrogens (tertiary/aromatic N) is 2. The van der Waals surface area contributed by atoms with Gasteiger partial charge in [0.25, 0.3) is 0 Å². The molecule has 1 aromatic carbocycles. The number of halogens is 1. The van der Waals surface area contributed by atoms with Gasteiger partial charge in [0.05, 0.1) is 0 Å². The summed E-state index contributed by atoms with van der Waals surface area (Å²) in [4.78, 5) is 17.1. The Kier molecular flexibility index (Phi) is 6.97. The highest BCUT2D eigenvalue weighted by Crippen LogP contribution is 2.25. The van der Waals surface area contributed by atoms with Crippen molar-refractivity contribution in [1.82, 2.24) is 9.80 Å². The molecule has 0 bridgehead atoms. The summed E-state index contributed by atoms with van der Waals surface area (Å²) < 4.78 is 18.7. The molecule has 0 radical (unpaired) electrons. The number of ether oxygens (including phenoxy) is 1. The zero-order valence-corrected chi connectivity index (χ0v) is 17.6. The predicted molar refractivity (Wildman–Crippen MR) is 110 cm³/mol. The fourth-order valence-corrected chi connectivity index (χ4v) is 4.38. The lowest BCUT2D eigenvalue weighted by molar-refractivity contribution is 0.00341. The van der Waals surface area contributed by atoms with E-state index in [0.717, 1.165) is 58.3 Å². The number of amides is 1. The molecule has 1 aromatic rings. The van der Waals surface area contributed by atoms with E-state index in [4.69, 9.17) is 4.74 Å². The van der Waals surface area contributed by atoms with Gasteiger partial charge in [0.2, 0.25) is 0 Å². The molecule has 5 heteroatoms. The molecule has 0 N–H and O–H groups in total. The highest BCUT2D eigenvalue weighted by Gasteiger charge is 2.32. The van der Waals surface area contributed by atoms with Crippen molar-refractivity contribution >= 4 is 6.09 Å². The normalized spacial score (nSPS) is 22.3. The van der Waals surface area contributed by atoms with Crippen molar-refractivity contribution in [1.29, 1.82) is 0 Å². The molecule has 2 fully saturated rings. The van der Waals surface area contributed by atoms with Crippen LogP contribution in [0.25, 0.3) is 0 Å². The van der Waals surface area contributed by atoms with Crippen molar-refractivity contribution in [3.05, 3.63) is 35.6 Å². The van der Waals surface area contributed by atoms with Gasteiger partial charge in [-0.3, -0.25) is 0 Å². The Morgan fingerprint density at radius 1 is 1.07 bits per heavy atom. The van der Waals surface area contributed by atoms with Crippen LogP contribution < -0.4 is 0 Å². The van der Waals surface area contributed by atoms with Crippen molar-refractivity contribution in [2.45, 2.75) is 70.9 Å². The summed E-state index contributed by atoms with van der Waals surface area (Å²) >= 11 is 0. The van der Waals surface area contributed by atoms with E-state index >= 15 is 0 Å². The summed E-state index contributed by atoms with van der Waals surface area (Å²) in [6, 6.07) is 7.18. The van der Waals surface area contributed by atoms with Crippen molar-refractivity contribution in [3.8, 4) is 0 Å². The van der Waals surface area contributed by atoms with Gasteiger partial charge in [0.1, 0.15) is 11.4 Å².